The third kappa shape index (κ3) is 4.73. The number of carbonyl (C=O) groups is 1. The molecule has 3 heterocycles. The Bertz CT molecular complexity index is 1550. The molecule has 0 N–H and O–H groups in total. The molecule has 0 saturated carbocycles. The number of allylic oxidation sites excluding steroid dienone is 1. The SMILES string of the molecule is CCCC1=C(C(=O)OCC)[C@H](c2ccc(C(C)C)cc2)n2c(s/c(=C\c3ccc4c(c3)OCO4)c2=O)=N1. The molecule has 0 bridgehead atoms. The van der Waals surface area contributed by atoms with Gasteiger partial charge < -0.3 is 14.2 Å². The Morgan fingerprint density at radius 1 is 1.16 bits per heavy atom. The molecular weight excluding hydrogens is 488 g/mol. The fourth-order valence-electron chi connectivity index (χ4n) is 4.65. The van der Waals surface area contributed by atoms with Crippen LogP contribution in [0.4, 0.5) is 0 Å². The second-order valence-electron chi connectivity index (χ2n) is 9.35. The van der Waals surface area contributed by atoms with Crippen LogP contribution in [0.5, 0.6) is 11.5 Å². The summed E-state index contributed by atoms with van der Waals surface area (Å²) < 4.78 is 18.5. The molecule has 0 aliphatic carbocycles. The van der Waals surface area contributed by atoms with Crippen LogP contribution < -0.4 is 24.4 Å². The first kappa shape index (κ1) is 25.0. The molecule has 3 aromatic rings. The van der Waals surface area contributed by atoms with Crippen molar-refractivity contribution in [1.29, 1.82) is 0 Å². The van der Waals surface area contributed by atoms with Crippen molar-refractivity contribution in [2.24, 2.45) is 4.99 Å². The van der Waals surface area contributed by atoms with E-state index in [1.165, 1.54) is 16.9 Å². The standard InChI is InChI=1S/C29H30N2O5S/c1-5-7-21-25(28(33)34-6-2)26(20-11-9-19(10-12-20)17(3)4)31-27(32)24(37-29(31)30-21)15-18-8-13-22-23(14-18)36-16-35-22/h8-15,17,26H,5-7,16H2,1-4H3/b24-15-/t26-/m0/s1. The quantitative estimate of drug-likeness (QED) is 0.433. The highest BCUT2D eigenvalue weighted by Crippen LogP contribution is 2.34. The number of benzene rings is 2. The highest BCUT2D eigenvalue weighted by atomic mass is 32.1. The zero-order valence-corrected chi connectivity index (χ0v) is 22.3. The lowest BCUT2D eigenvalue weighted by molar-refractivity contribution is -0.139. The molecule has 0 unspecified atom stereocenters. The van der Waals surface area contributed by atoms with Gasteiger partial charge >= 0.3 is 5.97 Å². The Morgan fingerprint density at radius 3 is 2.62 bits per heavy atom. The van der Waals surface area contributed by atoms with E-state index in [1.807, 2.05) is 43.3 Å². The first-order valence-corrected chi connectivity index (χ1v) is 13.4. The maximum absolute atomic E-state index is 13.9. The van der Waals surface area contributed by atoms with Crippen LogP contribution in [-0.2, 0) is 9.53 Å². The van der Waals surface area contributed by atoms with Gasteiger partial charge in [0.2, 0.25) is 6.79 Å². The molecule has 0 fully saturated rings. The summed E-state index contributed by atoms with van der Waals surface area (Å²) in [6, 6.07) is 13.1. The third-order valence-electron chi connectivity index (χ3n) is 6.51. The van der Waals surface area contributed by atoms with E-state index in [0.29, 0.717) is 44.4 Å². The Kier molecular flexibility index (Phi) is 7.02. The van der Waals surface area contributed by atoms with Crippen LogP contribution in [-0.4, -0.2) is 23.9 Å². The van der Waals surface area contributed by atoms with Gasteiger partial charge in [-0.2, -0.15) is 0 Å². The largest absolute Gasteiger partial charge is 0.463 e. The van der Waals surface area contributed by atoms with E-state index >= 15 is 0 Å². The smallest absolute Gasteiger partial charge is 0.338 e. The number of ether oxygens (including phenoxy) is 3. The molecule has 2 aromatic carbocycles. The molecule has 192 valence electrons. The highest BCUT2D eigenvalue weighted by molar-refractivity contribution is 7.07. The van der Waals surface area contributed by atoms with E-state index in [1.54, 1.807) is 11.5 Å². The Hall–Kier alpha value is -3.65. The topological polar surface area (TPSA) is 79.1 Å². The van der Waals surface area contributed by atoms with Gasteiger partial charge in [0.05, 0.1) is 28.5 Å². The predicted molar refractivity (Wildman–Crippen MR) is 143 cm³/mol. The molecule has 0 radical (unpaired) electrons. The van der Waals surface area contributed by atoms with E-state index in [0.717, 1.165) is 17.5 Å². The van der Waals surface area contributed by atoms with Gasteiger partial charge in [0.15, 0.2) is 16.3 Å². The van der Waals surface area contributed by atoms with Gasteiger partial charge in [-0.3, -0.25) is 9.36 Å². The number of nitrogens with zero attached hydrogens (tertiary/aromatic N) is 2. The summed E-state index contributed by atoms with van der Waals surface area (Å²) in [6.07, 6.45) is 3.26. The van der Waals surface area contributed by atoms with Gasteiger partial charge in [0.1, 0.15) is 0 Å². The van der Waals surface area contributed by atoms with Crippen LogP contribution in [0.25, 0.3) is 6.08 Å². The molecule has 1 atom stereocenters. The maximum atomic E-state index is 13.9. The Balaban J connectivity index is 1.71. The van der Waals surface area contributed by atoms with Gasteiger partial charge in [-0.25, -0.2) is 9.79 Å². The van der Waals surface area contributed by atoms with Crippen molar-refractivity contribution in [3.8, 4) is 11.5 Å². The molecule has 0 amide bonds. The van der Waals surface area contributed by atoms with Crippen molar-refractivity contribution in [1.82, 2.24) is 4.57 Å². The fraction of sp³-hybridized carbons (Fsp3) is 0.345. The lowest BCUT2D eigenvalue weighted by Crippen LogP contribution is -2.40. The number of fused-ring (bicyclic) bond motifs is 2. The molecule has 8 heteroatoms. The summed E-state index contributed by atoms with van der Waals surface area (Å²) in [5.41, 5.74) is 3.78. The number of carbonyl (C=O) groups excluding carboxylic acids is 1. The second kappa shape index (κ2) is 10.4. The Labute approximate surface area is 219 Å². The van der Waals surface area contributed by atoms with Crippen molar-refractivity contribution in [3.63, 3.8) is 0 Å². The molecule has 1 aromatic heterocycles. The molecule has 37 heavy (non-hydrogen) atoms. The average molecular weight is 519 g/mol. The number of hydrogen-bond acceptors (Lipinski definition) is 7. The van der Waals surface area contributed by atoms with Crippen LogP contribution in [0.1, 0.15) is 69.2 Å². The minimum absolute atomic E-state index is 0.188. The highest BCUT2D eigenvalue weighted by Gasteiger charge is 2.34. The maximum Gasteiger partial charge on any atom is 0.338 e. The zero-order chi connectivity index (χ0) is 26.1. The lowest BCUT2D eigenvalue weighted by atomic mass is 9.92. The number of esters is 1. The van der Waals surface area contributed by atoms with Crippen LogP contribution in [0.3, 0.4) is 0 Å². The molecule has 5 rings (SSSR count). The molecule has 0 saturated heterocycles. The van der Waals surface area contributed by atoms with Crippen molar-refractivity contribution in [2.75, 3.05) is 13.4 Å². The summed E-state index contributed by atoms with van der Waals surface area (Å²) in [6.45, 7) is 8.54. The predicted octanol–water partition coefficient (Wildman–Crippen LogP) is 4.43. The minimum atomic E-state index is -0.614. The molecule has 7 nitrogen and oxygen atoms in total. The summed E-state index contributed by atoms with van der Waals surface area (Å²) in [5.74, 6) is 1.28. The number of rotatable bonds is 7. The first-order valence-electron chi connectivity index (χ1n) is 12.6. The van der Waals surface area contributed by atoms with Gasteiger partial charge in [-0.05, 0) is 54.2 Å². The minimum Gasteiger partial charge on any atom is -0.463 e. The van der Waals surface area contributed by atoms with E-state index in [9.17, 15) is 9.59 Å². The van der Waals surface area contributed by atoms with Crippen LogP contribution in [0.2, 0.25) is 0 Å². The monoisotopic (exact) mass is 518 g/mol. The normalized spacial score (nSPS) is 16.7. The first-order chi connectivity index (χ1) is 17.9. The third-order valence-corrected chi connectivity index (χ3v) is 7.49. The number of aromatic nitrogens is 1. The van der Waals surface area contributed by atoms with Gasteiger partial charge in [-0.1, -0.05) is 68.9 Å². The summed E-state index contributed by atoms with van der Waals surface area (Å²) >= 11 is 1.32. The van der Waals surface area contributed by atoms with E-state index in [2.05, 4.69) is 26.0 Å². The molecule has 2 aliphatic heterocycles. The summed E-state index contributed by atoms with van der Waals surface area (Å²) in [5, 5.41) is 0. The lowest BCUT2D eigenvalue weighted by Gasteiger charge is -2.26. The van der Waals surface area contributed by atoms with Crippen molar-refractivity contribution < 1.29 is 19.0 Å². The molecular formula is C29H30N2O5S. The van der Waals surface area contributed by atoms with Crippen LogP contribution >= 0.6 is 11.3 Å². The van der Waals surface area contributed by atoms with Crippen molar-refractivity contribution >= 4 is 23.4 Å². The van der Waals surface area contributed by atoms with Crippen LogP contribution in [0.15, 0.2) is 63.5 Å². The van der Waals surface area contributed by atoms with E-state index in [4.69, 9.17) is 19.2 Å². The molecule has 0 spiro atoms. The summed E-state index contributed by atoms with van der Waals surface area (Å²) in [4.78, 5) is 32.5. The van der Waals surface area contributed by atoms with Crippen molar-refractivity contribution in [2.45, 2.75) is 52.5 Å². The van der Waals surface area contributed by atoms with Gasteiger partial charge in [0, 0.05) is 0 Å². The summed E-state index contributed by atoms with van der Waals surface area (Å²) in [7, 11) is 0. The average Bonchev–Trinajstić information content (AvgIpc) is 3.47. The molecule has 2 aliphatic rings. The van der Waals surface area contributed by atoms with Gasteiger partial charge in [0.25, 0.3) is 5.56 Å². The number of hydrogen-bond donors (Lipinski definition) is 0. The van der Waals surface area contributed by atoms with Gasteiger partial charge in [-0.15, -0.1) is 0 Å². The van der Waals surface area contributed by atoms with Crippen LogP contribution in [0, 0.1) is 0 Å². The van der Waals surface area contributed by atoms with E-state index < -0.39 is 12.0 Å². The van der Waals surface area contributed by atoms with E-state index in [-0.39, 0.29) is 19.0 Å². The Morgan fingerprint density at radius 2 is 1.92 bits per heavy atom. The fourth-order valence-corrected chi connectivity index (χ4v) is 5.67. The zero-order valence-electron chi connectivity index (χ0n) is 21.4. The second-order valence-corrected chi connectivity index (χ2v) is 10.4. The van der Waals surface area contributed by atoms with Crippen molar-refractivity contribution in [3.05, 3.63) is 90.1 Å². The number of thiazole rings is 1.